The minimum atomic E-state index is 0.580. The number of benzene rings is 3. The number of nitrogens with one attached hydrogen (secondary N) is 1. The number of fused-ring (bicyclic) bond motifs is 1. The second-order valence-corrected chi connectivity index (χ2v) is 7.81. The van der Waals surface area contributed by atoms with Crippen LogP contribution in [-0.2, 0) is 19.6 Å². The molecule has 29 heavy (non-hydrogen) atoms. The highest BCUT2D eigenvalue weighted by Crippen LogP contribution is 2.26. The van der Waals surface area contributed by atoms with E-state index < -0.39 is 0 Å². The molecule has 0 aliphatic rings. The lowest BCUT2D eigenvalue weighted by molar-refractivity contribution is 0.414. The van der Waals surface area contributed by atoms with E-state index in [-0.39, 0.29) is 0 Å². The van der Waals surface area contributed by atoms with Gasteiger partial charge in [0.1, 0.15) is 5.75 Å². The lowest BCUT2D eigenvalue weighted by Crippen LogP contribution is -2.12. The zero-order valence-corrected chi connectivity index (χ0v) is 17.7. The lowest BCUT2D eigenvalue weighted by atomic mass is 10.1. The highest BCUT2D eigenvalue weighted by molar-refractivity contribution is 6.42. The summed E-state index contributed by atoms with van der Waals surface area (Å²) in [6.07, 6.45) is 2.22. The number of methoxy groups -OCH3 is 1. The van der Waals surface area contributed by atoms with Crippen LogP contribution in [0.25, 0.3) is 10.9 Å². The van der Waals surface area contributed by atoms with Gasteiger partial charge in [-0.1, -0.05) is 59.6 Å². The van der Waals surface area contributed by atoms with E-state index in [9.17, 15) is 0 Å². The Morgan fingerprint density at radius 1 is 0.862 bits per heavy atom. The fourth-order valence-corrected chi connectivity index (χ4v) is 3.83. The maximum atomic E-state index is 6.19. The van der Waals surface area contributed by atoms with Gasteiger partial charge in [0.15, 0.2) is 0 Å². The van der Waals surface area contributed by atoms with Gasteiger partial charge in [0, 0.05) is 36.7 Å². The summed E-state index contributed by atoms with van der Waals surface area (Å²) in [5.74, 6) is 0.874. The van der Waals surface area contributed by atoms with Crippen molar-refractivity contribution in [3.63, 3.8) is 0 Å². The van der Waals surface area contributed by atoms with Crippen LogP contribution in [0, 0.1) is 0 Å². The smallest absolute Gasteiger partial charge is 0.118 e. The molecule has 4 aromatic rings. The molecule has 3 nitrogen and oxygen atoms in total. The van der Waals surface area contributed by atoms with Gasteiger partial charge in [-0.3, -0.25) is 0 Å². The van der Waals surface area contributed by atoms with Gasteiger partial charge in [-0.05, 0) is 47.0 Å². The molecule has 1 heterocycles. The van der Waals surface area contributed by atoms with Crippen molar-refractivity contribution < 1.29 is 4.74 Å². The summed E-state index contributed by atoms with van der Waals surface area (Å²) >= 11 is 12.2. The zero-order chi connectivity index (χ0) is 20.2. The Bertz CT molecular complexity index is 1120. The van der Waals surface area contributed by atoms with E-state index in [0.29, 0.717) is 10.0 Å². The van der Waals surface area contributed by atoms with Gasteiger partial charge in [0.2, 0.25) is 0 Å². The third kappa shape index (κ3) is 4.59. The van der Waals surface area contributed by atoms with Crippen molar-refractivity contribution in [1.82, 2.24) is 9.88 Å². The van der Waals surface area contributed by atoms with E-state index >= 15 is 0 Å². The van der Waals surface area contributed by atoms with E-state index in [2.05, 4.69) is 52.5 Å². The fourth-order valence-electron chi connectivity index (χ4n) is 3.51. The van der Waals surface area contributed by atoms with E-state index in [4.69, 9.17) is 27.9 Å². The molecular weight excluding hydrogens is 403 g/mol. The average Bonchev–Trinajstić information content (AvgIpc) is 3.09. The number of rotatable bonds is 7. The van der Waals surface area contributed by atoms with Gasteiger partial charge in [-0.15, -0.1) is 0 Å². The minimum Gasteiger partial charge on any atom is -0.497 e. The fraction of sp³-hybridized carbons (Fsp3) is 0.167. The molecule has 148 valence electrons. The second kappa shape index (κ2) is 8.91. The van der Waals surface area contributed by atoms with Crippen LogP contribution in [0.5, 0.6) is 5.75 Å². The normalized spacial score (nSPS) is 11.1. The van der Waals surface area contributed by atoms with Crippen LogP contribution >= 0.6 is 23.2 Å². The minimum absolute atomic E-state index is 0.580. The number of aromatic nitrogens is 1. The molecule has 0 atom stereocenters. The summed E-state index contributed by atoms with van der Waals surface area (Å²) in [6, 6.07) is 22.4. The van der Waals surface area contributed by atoms with Gasteiger partial charge in [-0.2, -0.15) is 0 Å². The first-order valence-electron chi connectivity index (χ1n) is 9.48. The zero-order valence-electron chi connectivity index (χ0n) is 16.2. The summed E-state index contributed by atoms with van der Waals surface area (Å²) in [4.78, 5) is 0. The Morgan fingerprint density at radius 3 is 2.38 bits per heavy atom. The van der Waals surface area contributed by atoms with Crippen molar-refractivity contribution in [2.75, 3.05) is 7.11 Å². The molecule has 0 saturated carbocycles. The van der Waals surface area contributed by atoms with Crippen molar-refractivity contribution in [2.24, 2.45) is 0 Å². The molecule has 3 aromatic carbocycles. The summed E-state index contributed by atoms with van der Waals surface area (Å²) in [6.45, 7) is 2.34. The van der Waals surface area contributed by atoms with Gasteiger partial charge in [-0.25, -0.2) is 0 Å². The lowest BCUT2D eigenvalue weighted by Gasteiger charge is -2.07. The Hall–Kier alpha value is -2.46. The van der Waals surface area contributed by atoms with Crippen LogP contribution in [-0.4, -0.2) is 11.7 Å². The molecule has 0 amide bonds. The van der Waals surface area contributed by atoms with Crippen molar-refractivity contribution in [3.05, 3.63) is 99.7 Å². The maximum Gasteiger partial charge on any atom is 0.118 e. The molecule has 5 heteroatoms. The summed E-state index contributed by atoms with van der Waals surface area (Å²) in [5, 5.41) is 5.97. The topological polar surface area (TPSA) is 26.2 Å². The first-order valence-corrected chi connectivity index (χ1v) is 10.2. The van der Waals surface area contributed by atoms with E-state index in [1.54, 1.807) is 7.11 Å². The van der Waals surface area contributed by atoms with Crippen LogP contribution in [0.1, 0.15) is 16.7 Å². The first kappa shape index (κ1) is 19.8. The van der Waals surface area contributed by atoms with Crippen molar-refractivity contribution in [3.8, 4) is 5.75 Å². The van der Waals surface area contributed by atoms with Gasteiger partial charge in [0.25, 0.3) is 0 Å². The van der Waals surface area contributed by atoms with Gasteiger partial charge >= 0.3 is 0 Å². The number of nitrogens with zero attached hydrogens (tertiary/aromatic N) is 1. The maximum absolute atomic E-state index is 6.19. The van der Waals surface area contributed by atoms with Crippen LogP contribution in [0.15, 0.2) is 72.9 Å². The second-order valence-electron chi connectivity index (χ2n) is 7.00. The highest BCUT2D eigenvalue weighted by atomic mass is 35.5. The number of hydrogen-bond acceptors (Lipinski definition) is 2. The van der Waals surface area contributed by atoms with Gasteiger partial charge in [0.05, 0.1) is 17.2 Å². The predicted octanol–water partition coefficient (Wildman–Crippen LogP) is 6.29. The third-order valence-corrected chi connectivity index (χ3v) is 5.75. The first-order chi connectivity index (χ1) is 14.1. The molecule has 1 N–H and O–H groups in total. The van der Waals surface area contributed by atoms with E-state index in [1.807, 2.05) is 30.3 Å². The average molecular weight is 425 g/mol. The van der Waals surface area contributed by atoms with E-state index in [0.717, 1.165) is 30.9 Å². The van der Waals surface area contributed by atoms with Crippen LogP contribution in [0.3, 0.4) is 0 Å². The van der Waals surface area contributed by atoms with Crippen LogP contribution < -0.4 is 10.1 Å². The Morgan fingerprint density at radius 2 is 1.62 bits per heavy atom. The molecule has 0 radical (unpaired) electrons. The molecule has 1 aromatic heterocycles. The number of hydrogen-bond donors (Lipinski definition) is 1. The standard InChI is InChI=1S/C24H22Cl2N2O/c1-29-20-9-6-17(7-10-20)13-27-14-19-16-28(24-5-3-2-4-21(19)24)15-18-8-11-22(25)23(26)12-18/h2-12,16,27H,13-15H2,1H3. The largest absolute Gasteiger partial charge is 0.497 e. The molecule has 0 spiro atoms. The molecule has 0 fully saturated rings. The Labute approximate surface area is 180 Å². The van der Waals surface area contributed by atoms with Crippen LogP contribution in [0.4, 0.5) is 0 Å². The summed E-state index contributed by atoms with van der Waals surface area (Å²) in [7, 11) is 1.68. The molecule has 4 rings (SSSR count). The highest BCUT2D eigenvalue weighted by Gasteiger charge is 2.09. The SMILES string of the molecule is COc1ccc(CNCc2cn(Cc3ccc(Cl)c(Cl)c3)c3ccccc23)cc1. The van der Waals surface area contributed by atoms with Crippen LogP contribution in [0.2, 0.25) is 10.0 Å². The monoisotopic (exact) mass is 424 g/mol. The molecule has 0 bridgehead atoms. The summed E-state index contributed by atoms with van der Waals surface area (Å²) in [5.41, 5.74) is 4.83. The summed E-state index contributed by atoms with van der Waals surface area (Å²) < 4.78 is 7.48. The van der Waals surface area contributed by atoms with Crippen molar-refractivity contribution in [2.45, 2.75) is 19.6 Å². The predicted molar refractivity (Wildman–Crippen MR) is 121 cm³/mol. The van der Waals surface area contributed by atoms with Crippen molar-refractivity contribution in [1.29, 1.82) is 0 Å². The number of ether oxygens (including phenoxy) is 1. The molecule has 0 saturated heterocycles. The molecule has 0 unspecified atom stereocenters. The van der Waals surface area contributed by atoms with E-state index in [1.165, 1.54) is 22.0 Å². The molecule has 0 aliphatic carbocycles. The quantitative estimate of drug-likeness (QED) is 0.376. The molecular formula is C24H22Cl2N2O. The number of halogens is 2. The molecule has 0 aliphatic heterocycles. The number of para-hydroxylation sites is 1. The van der Waals surface area contributed by atoms with Gasteiger partial charge < -0.3 is 14.6 Å². The van der Waals surface area contributed by atoms with Crippen molar-refractivity contribution >= 4 is 34.1 Å². The Kier molecular flexibility index (Phi) is 6.10. The Balaban J connectivity index is 1.51. The third-order valence-electron chi connectivity index (χ3n) is 5.01.